The minimum atomic E-state index is 0.114. The number of para-hydroxylation sites is 1. The van der Waals surface area contributed by atoms with E-state index in [1.165, 1.54) is 0 Å². The molecule has 0 aliphatic heterocycles. The fraction of sp³-hybridized carbons (Fsp3) is 0.368. The second kappa shape index (κ2) is 10.3. The Hall–Kier alpha value is -1.49. The van der Waals surface area contributed by atoms with E-state index < -0.39 is 0 Å². The lowest BCUT2D eigenvalue weighted by Gasteiger charge is -2.14. The lowest BCUT2D eigenvalue weighted by molar-refractivity contribution is 0.247. The van der Waals surface area contributed by atoms with Crippen LogP contribution in [0.3, 0.4) is 0 Å². The number of benzene rings is 2. The predicted octanol–water partition coefficient (Wildman–Crippen LogP) is 3.60. The van der Waals surface area contributed by atoms with Gasteiger partial charge in [0.05, 0.1) is 13.2 Å². The third kappa shape index (κ3) is 5.90. The molecule has 0 saturated heterocycles. The maximum Gasteiger partial charge on any atom is 0.127 e. The quantitative estimate of drug-likeness (QED) is 0.653. The summed E-state index contributed by atoms with van der Waals surface area (Å²) in [6, 6.07) is 18.3. The number of thioether (sulfide) groups is 1. The molecule has 2 aromatic rings. The maximum absolute atomic E-state index is 9.19. The van der Waals surface area contributed by atoms with Gasteiger partial charge in [-0.2, -0.15) is 11.8 Å². The molecule has 0 aliphatic rings. The highest BCUT2D eigenvalue weighted by atomic mass is 32.2. The fourth-order valence-corrected chi connectivity index (χ4v) is 3.31. The van der Waals surface area contributed by atoms with Crippen LogP contribution in [0, 0.1) is 0 Å². The number of aliphatic hydroxyl groups is 2. The van der Waals surface area contributed by atoms with Crippen LogP contribution in [-0.4, -0.2) is 41.0 Å². The van der Waals surface area contributed by atoms with Crippen molar-refractivity contribution in [2.24, 2.45) is 0 Å². The summed E-state index contributed by atoms with van der Waals surface area (Å²) < 4.78 is 5.94. The Kier molecular flexibility index (Phi) is 8.01. The molecular weight excluding hydrogens is 308 g/mol. The zero-order valence-corrected chi connectivity index (χ0v) is 14.0. The second-order valence-corrected chi connectivity index (χ2v) is 6.66. The van der Waals surface area contributed by atoms with Gasteiger partial charge in [0.25, 0.3) is 0 Å². The molecule has 0 aliphatic carbocycles. The van der Waals surface area contributed by atoms with E-state index in [0.717, 1.165) is 29.1 Å². The van der Waals surface area contributed by atoms with Crippen molar-refractivity contribution in [3.63, 3.8) is 0 Å². The van der Waals surface area contributed by atoms with Gasteiger partial charge in [0.15, 0.2) is 0 Å². The number of aliphatic hydroxyl groups excluding tert-OH is 2. The summed E-state index contributed by atoms with van der Waals surface area (Å²) in [5, 5.41) is 18.2. The second-order valence-electron chi connectivity index (χ2n) is 5.25. The van der Waals surface area contributed by atoms with Gasteiger partial charge < -0.3 is 14.9 Å². The Labute approximate surface area is 142 Å². The molecular formula is C19H24O3S. The van der Waals surface area contributed by atoms with Gasteiger partial charge in [-0.15, -0.1) is 0 Å². The maximum atomic E-state index is 9.19. The van der Waals surface area contributed by atoms with E-state index in [9.17, 15) is 5.11 Å². The van der Waals surface area contributed by atoms with E-state index >= 15 is 0 Å². The van der Waals surface area contributed by atoms with Crippen LogP contribution < -0.4 is 4.74 Å². The van der Waals surface area contributed by atoms with E-state index in [0.29, 0.717) is 13.0 Å². The van der Waals surface area contributed by atoms with Gasteiger partial charge in [-0.25, -0.2) is 0 Å². The fourth-order valence-electron chi connectivity index (χ4n) is 2.31. The Balaban J connectivity index is 1.83. The molecule has 2 aromatic carbocycles. The van der Waals surface area contributed by atoms with Crippen LogP contribution in [0.1, 0.15) is 12.8 Å². The van der Waals surface area contributed by atoms with Crippen molar-refractivity contribution in [3.8, 4) is 16.9 Å². The first kappa shape index (κ1) is 17.9. The Bertz CT molecular complexity index is 560. The SMILES string of the molecule is OCC[C@H](CO)SCCCOc1ccccc1-c1ccccc1. The molecule has 3 nitrogen and oxygen atoms in total. The first-order valence-electron chi connectivity index (χ1n) is 7.95. The topological polar surface area (TPSA) is 49.7 Å². The summed E-state index contributed by atoms with van der Waals surface area (Å²) in [6.07, 6.45) is 1.55. The van der Waals surface area contributed by atoms with Gasteiger partial charge in [0, 0.05) is 17.4 Å². The molecule has 0 bridgehead atoms. The minimum absolute atomic E-state index is 0.114. The normalized spacial score (nSPS) is 12.1. The lowest BCUT2D eigenvalue weighted by Crippen LogP contribution is -2.12. The monoisotopic (exact) mass is 332 g/mol. The van der Waals surface area contributed by atoms with Crippen molar-refractivity contribution >= 4 is 11.8 Å². The third-order valence-corrected chi connectivity index (χ3v) is 4.91. The molecule has 23 heavy (non-hydrogen) atoms. The highest BCUT2D eigenvalue weighted by Gasteiger charge is 2.08. The molecule has 2 N–H and O–H groups in total. The van der Waals surface area contributed by atoms with Crippen LogP contribution in [0.5, 0.6) is 5.75 Å². The minimum Gasteiger partial charge on any atom is -0.493 e. The van der Waals surface area contributed by atoms with Crippen LogP contribution in [0.2, 0.25) is 0 Å². The van der Waals surface area contributed by atoms with E-state index in [2.05, 4.69) is 18.2 Å². The van der Waals surface area contributed by atoms with Gasteiger partial charge in [0.2, 0.25) is 0 Å². The van der Waals surface area contributed by atoms with Crippen LogP contribution in [0.15, 0.2) is 54.6 Å². The van der Waals surface area contributed by atoms with Crippen LogP contribution >= 0.6 is 11.8 Å². The molecule has 124 valence electrons. The molecule has 2 rings (SSSR count). The lowest BCUT2D eigenvalue weighted by atomic mass is 10.1. The molecule has 0 heterocycles. The van der Waals surface area contributed by atoms with E-state index in [1.54, 1.807) is 11.8 Å². The van der Waals surface area contributed by atoms with Crippen molar-refractivity contribution in [2.75, 3.05) is 25.6 Å². The van der Waals surface area contributed by atoms with E-state index in [4.69, 9.17) is 9.84 Å². The van der Waals surface area contributed by atoms with Gasteiger partial charge in [-0.05, 0) is 30.2 Å². The number of hydrogen-bond donors (Lipinski definition) is 2. The van der Waals surface area contributed by atoms with Gasteiger partial charge in [-0.1, -0.05) is 48.5 Å². The van der Waals surface area contributed by atoms with Gasteiger partial charge in [-0.3, -0.25) is 0 Å². The van der Waals surface area contributed by atoms with Gasteiger partial charge >= 0.3 is 0 Å². The zero-order valence-electron chi connectivity index (χ0n) is 13.2. The Morgan fingerprint density at radius 3 is 2.43 bits per heavy atom. The average Bonchev–Trinajstić information content (AvgIpc) is 2.61. The summed E-state index contributed by atoms with van der Waals surface area (Å²) in [7, 11) is 0. The smallest absolute Gasteiger partial charge is 0.127 e. The average molecular weight is 332 g/mol. The summed E-state index contributed by atoms with van der Waals surface area (Å²) in [4.78, 5) is 0. The molecule has 0 unspecified atom stereocenters. The molecule has 0 aromatic heterocycles. The van der Waals surface area contributed by atoms with Crippen LogP contribution in [0.4, 0.5) is 0 Å². The largest absolute Gasteiger partial charge is 0.493 e. The standard InChI is InChI=1S/C19H24O3S/c20-12-11-17(15-21)23-14-6-13-22-19-10-5-4-9-18(19)16-7-2-1-3-8-16/h1-5,7-10,17,20-21H,6,11-15H2/t17-/m1/s1. The van der Waals surface area contributed by atoms with Crippen molar-refractivity contribution in [1.29, 1.82) is 0 Å². The highest BCUT2D eigenvalue weighted by molar-refractivity contribution is 7.99. The molecule has 0 radical (unpaired) electrons. The molecule has 0 saturated carbocycles. The number of ether oxygens (including phenoxy) is 1. The highest BCUT2D eigenvalue weighted by Crippen LogP contribution is 2.29. The summed E-state index contributed by atoms with van der Waals surface area (Å²) in [6.45, 7) is 0.885. The number of rotatable bonds is 10. The van der Waals surface area contributed by atoms with Crippen molar-refractivity contribution in [3.05, 3.63) is 54.6 Å². The molecule has 0 spiro atoms. The summed E-state index contributed by atoms with van der Waals surface area (Å²) in [5.41, 5.74) is 2.26. The summed E-state index contributed by atoms with van der Waals surface area (Å²) in [5.74, 6) is 1.82. The van der Waals surface area contributed by atoms with Crippen molar-refractivity contribution in [1.82, 2.24) is 0 Å². The van der Waals surface area contributed by atoms with Crippen LogP contribution in [0.25, 0.3) is 11.1 Å². The van der Waals surface area contributed by atoms with Crippen molar-refractivity contribution in [2.45, 2.75) is 18.1 Å². The Morgan fingerprint density at radius 2 is 1.70 bits per heavy atom. The van der Waals surface area contributed by atoms with E-state index in [1.807, 2.05) is 36.4 Å². The van der Waals surface area contributed by atoms with E-state index in [-0.39, 0.29) is 18.5 Å². The molecule has 0 amide bonds. The molecule has 1 atom stereocenters. The van der Waals surface area contributed by atoms with Crippen molar-refractivity contribution < 1.29 is 14.9 Å². The third-order valence-electron chi connectivity index (χ3n) is 3.53. The predicted molar refractivity (Wildman–Crippen MR) is 97.0 cm³/mol. The molecule has 0 fully saturated rings. The summed E-state index contributed by atoms with van der Waals surface area (Å²) >= 11 is 1.69. The number of hydrogen-bond acceptors (Lipinski definition) is 4. The molecule has 4 heteroatoms. The first-order chi connectivity index (χ1) is 11.3. The first-order valence-corrected chi connectivity index (χ1v) is 9.00. The Morgan fingerprint density at radius 1 is 0.957 bits per heavy atom. The zero-order chi connectivity index (χ0) is 16.3. The van der Waals surface area contributed by atoms with Gasteiger partial charge in [0.1, 0.15) is 5.75 Å². The van der Waals surface area contributed by atoms with Crippen LogP contribution in [-0.2, 0) is 0 Å².